The normalized spacial score (nSPS) is 11.0. The van der Waals surface area contributed by atoms with E-state index in [9.17, 15) is 14.4 Å². The molecule has 0 aliphatic heterocycles. The van der Waals surface area contributed by atoms with Gasteiger partial charge in [0.05, 0.1) is 6.54 Å². The Labute approximate surface area is 198 Å². The summed E-state index contributed by atoms with van der Waals surface area (Å²) in [7, 11) is 0. The van der Waals surface area contributed by atoms with Gasteiger partial charge in [-0.3, -0.25) is 29.1 Å². The van der Waals surface area contributed by atoms with Crippen molar-refractivity contribution in [3.8, 4) is 0 Å². The van der Waals surface area contributed by atoms with Gasteiger partial charge in [0.2, 0.25) is 0 Å². The van der Waals surface area contributed by atoms with Gasteiger partial charge in [-0.05, 0) is 44.3 Å². The van der Waals surface area contributed by atoms with Crippen LogP contribution in [0.4, 0.5) is 0 Å². The molecule has 4 rings (SSSR count). The summed E-state index contributed by atoms with van der Waals surface area (Å²) in [6.45, 7) is 7.52. The van der Waals surface area contributed by atoms with Crippen molar-refractivity contribution < 1.29 is 9.59 Å². The van der Waals surface area contributed by atoms with Crippen LogP contribution in [-0.2, 0) is 13.1 Å². The van der Waals surface area contributed by atoms with E-state index in [1.807, 2.05) is 6.07 Å². The number of Topliss-reactive ketones (excluding diaryl/α,β-unsaturated/α-hetero) is 1. The molecule has 0 atom stereocenters. The van der Waals surface area contributed by atoms with Crippen molar-refractivity contribution in [2.75, 3.05) is 5.43 Å². The molecule has 0 unspecified atom stereocenters. The van der Waals surface area contributed by atoms with Gasteiger partial charge in [-0.25, -0.2) is 4.98 Å². The topological polar surface area (TPSA) is 90.9 Å². The summed E-state index contributed by atoms with van der Waals surface area (Å²) in [6, 6.07) is 10.5. The first-order valence-electron chi connectivity index (χ1n) is 10.1. The fourth-order valence-corrected chi connectivity index (χ4v) is 4.90. The van der Waals surface area contributed by atoms with Crippen LogP contribution in [0.3, 0.4) is 0 Å². The molecular weight excluding hydrogens is 458 g/mol. The number of aromatic nitrogens is 4. The van der Waals surface area contributed by atoms with Crippen LogP contribution in [0, 0.1) is 17.8 Å². The minimum absolute atomic E-state index is 0.176. The molecule has 3 aromatic heterocycles. The number of carbonyl (C=O) groups excluding carboxylic acids is 2. The molecule has 8 nitrogen and oxygen atoms in total. The second-order valence-corrected chi connectivity index (χ2v) is 9.09. The highest BCUT2D eigenvalue weighted by Gasteiger charge is 2.19. The number of amides is 1. The number of ketones is 1. The molecule has 0 radical (unpaired) electrons. The van der Waals surface area contributed by atoms with Crippen molar-refractivity contribution in [3.63, 3.8) is 0 Å². The smallest absolute Gasteiger partial charge is 0.273 e. The predicted octanol–water partition coefficient (Wildman–Crippen LogP) is 3.86. The van der Waals surface area contributed by atoms with Crippen molar-refractivity contribution in [2.45, 2.75) is 26.9 Å². The van der Waals surface area contributed by atoms with Crippen molar-refractivity contribution >= 4 is 45.6 Å². The Morgan fingerprint density at radius 3 is 2.67 bits per heavy atom. The van der Waals surface area contributed by atoms with Gasteiger partial charge in [0, 0.05) is 29.1 Å². The minimum atomic E-state index is -0.321. The van der Waals surface area contributed by atoms with Gasteiger partial charge in [0.1, 0.15) is 11.0 Å². The highest BCUT2D eigenvalue weighted by molar-refractivity contribution is 7.73. The third-order valence-electron chi connectivity index (χ3n) is 5.25. The van der Waals surface area contributed by atoms with E-state index < -0.39 is 0 Å². The number of benzene rings is 1. The van der Waals surface area contributed by atoms with E-state index in [-0.39, 0.29) is 23.8 Å². The first-order chi connectivity index (χ1) is 15.8. The zero-order valence-corrected chi connectivity index (χ0v) is 19.7. The quantitative estimate of drug-likeness (QED) is 0.247. The summed E-state index contributed by atoms with van der Waals surface area (Å²) in [5.74, 6) is -0.548. The lowest BCUT2D eigenvalue weighted by atomic mass is 10.1. The molecule has 0 spiro atoms. The summed E-state index contributed by atoms with van der Waals surface area (Å²) in [5.41, 5.74) is 5.18. The van der Waals surface area contributed by atoms with Gasteiger partial charge in [0.25, 0.3) is 11.5 Å². The molecule has 1 aromatic carbocycles. The monoisotopic (exact) mass is 479 g/mol. The Hall–Kier alpha value is -3.63. The van der Waals surface area contributed by atoms with Crippen LogP contribution in [0.25, 0.3) is 10.3 Å². The molecule has 0 fully saturated rings. The Morgan fingerprint density at radius 1 is 1.24 bits per heavy atom. The molecule has 0 saturated carbocycles. The molecule has 0 aliphatic carbocycles. The van der Waals surface area contributed by atoms with Crippen LogP contribution in [0.2, 0.25) is 0 Å². The molecule has 1 amide bonds. The van der Waals surface area contributed by atoms with E-state index in [0.717, 1.165) is 0 Å². The number of nitrogens with one attached hydrogen (secondary N) is 1. The molecular formula is C23H21N5O3S2. The molecule has 4 aromatic rings. The third-order valence-corrected chi connectivity index (χ3v) is 6.68. The van der Waals surface area contributed by atoms with Crippen LogP contribution in [0.5, 0.6) is 0 Å². The summed E-state index contributed by atoms with van der Waals surface area (Å²) in [4.78, 5) is 42.9. The Morgan fingerprint density at radius 2 is 1.97 bits per heavy atom. The summed E-state index contributed by atoms with van der Waals surface area (Å²) >= 11 is 6.50. The first kappa shape index (κ1) is 22.6. The maximum Gasteiger partial charge on any atom is 0.273 e. The molecule has 0 aliphatic rings. The Balaban J connectivity index is 1.61. The standard InChI is InChI=1S/C23H21N5O3S2/c1-4-10-27-20-19(33-23(27)32)22(31)26(13-24-20)12-18(29)17-11-14(2)28(15(17)3)25-21(30)16-8-6-5-7-9-16/h4-9,11,13H,1,10,12H2,2-3H3,(H,25,30). The van der Waals surface area contributed by atoms with E-state index in [1.165, 1.54) is 22.2 Å². The number of aryl methyl sites for hydroxylation is 1. The highest BCUT2D eigenvalue weighted by Crippen LogP contribution is 2.19. The zero-order valence-electron chi connectivity index (χ0n) is 18.1. The van der Waals surface area contributed by atoms with E-state index >= 15 is 0 Å². The zero-order chi connectivity index (χ0) is 23.7. The van der Waals surface area contributed by atoms with Crippen LogP contribution < -0.4 is 11.0 Å². The van der Waals surface area contributed by atoms with Gasteiger partial charge in [-0.1, -0.05) is 35.6 Å². The van der Waals surface area contributed by atoms with Crippen LogP contribution >= 0.6 is 23.6 Å². The largest absolute Gasteiger partial charge is 0.304 e. The molecule has 0 saturated heterocycles. The summed E-state index contributed by atoms with van der Waals surface area (Å²) in [5, 5.41) is 0. The lowest BCUT2D eigenvalue weighted by Gasteiger charge is -2.12. The fourth-order valence-electron chi connectivity index (χ4n) is 3.59. The highest BCUT2D eigenvalue weighted by atomic mass is 32.1. The maximum absolute atomic E-state index is 13.1. The average Bonchev–Trinajstić information content (AvgIpc) is 3.28. The van der Waals surface area contributed by atoms with E-state index in [1.54, 1.807) is 59.5 Å². The number of hydrogen-bond acceptors (Lipinski definition) is 6. The number of allylic oxidation sites excluding steroid dienone is 1. The van der Waals surface area contributed by atoms with Crippen LogP contribution in [-0.4, -0.2) is 30.5 Å². The first-order valence-corrected chi connectivity index (χ1v) is 11.3. The number of rotatable bonds is 7. The van der Waals surface area contributed by atoms with Crippen molar-refractivity contribution in [3.05, 3.63) is 92.2 Å². The molecule has 3 heterocycles. The van der Waals surface area contributed by atoms with Crippen molar-refractivity contribution in [1.29, 1.82) is 0 Å². The number of fused-ring (bicyclic) bond motifs is 1. The fraction of sp³-hybridized carbons (Fsp3) is 0.174. The van der Waals surface area contributed by atoms with Gasteiger partial charge in [-0.15, -0.1) is 6.58 Å². The predicted molar refractivity (Wildman–Crippen MR) is 131 cm³/mol. The Bertz CT molecular complexity index is 1510. The summed E-state index contributed by atoms with van der Waals surface area (Å²) < 4.78 is 5.52. The molecule has 33 heavy (non-hydrogen) atoms. The number of hydrogen-bond donors (Lipinski definition) is 1. The van der Waals surface area contributed by atoms with Crippen LogP contribution in [0.1, 0.15) is 32.1 Å². The lowest BCUT2D eigenvalue weighted by Crippen LogP contribution is -2.26. The van der Waals surface area contributed by atoms with Gasteiger partial charge < -0.3 is 4.57 Å². The van der Waals surface area contributed by atoms with E-state index in [0.29, 0.717) is 43.4 Å². The Kier molecular flexibility index (Phi) is 6.21. The molecule has 0 bridgehead atoms. The SMILES string of the molecule is C=CCn1c(=S)sc2c(=O)n(CC(=O)c3cc(C)n(NC(=O)c4ccccc4)c3C)cnc21. The van der Waals surface area contributed by atoms with E-state index in [4.69, 9.17) is 12.2 Å². The van der Waals surface area contributed by atoms with Crippen molar-refractivity contribution in [2.24, 2.45) is 0 Å². The average molecular weight is 480 g/mol. The number of thiazole rings is 1. The van der Waals surface area contributed by atoms with E-state index in [2.05, 4.69) is 17.0 Å². The maximum atomic E-state index is 13.1. The van der Waals surface area contributed by atoms with Gasteiger partial charge in [0.15, 0.2) is 15.4 Å². The number of carbonyl (C=O) groups is 2. The molecule has 1 N–H and O–H groups in total. The second-order valence-electron chi connectivity index (χ2n) is 7.45. The van der Waals surface area contributed by atoms with Crippen molar-refractivity contribution in [1.82, 2.24) is 18.8 Å². The second kappa shape index (κ2) is 9.08. The van der Waals surface area contributed by atoms with Gasteiger partial charge in [-0.2, -0.15) is 0 Å². The lowest BCUT2D eigenvalue weighted by molar-refractivity contribution is 0.0966. The van der Waals surface area contributed by atoms with Crippen LogP contribution in [0.15, 0.2) is 60.2 Å². The molecule has 168 valence electrons. The number of nitrogens with zero attached hydrogens (tertiary/aromatic N) is 4. The third kappa shape index (κ3) is 4.22. The summed E-state index contributed by atoms with van der Waals surface area (Å²) in [6.07, 6.45) is 3.05. The van der Waals surface area contributed by atoms with Gasteiger partial charge >= 0.3 is 0 Å². The molecule has 10 heteroatoms. The minimum Gasteiger partial charge on any atom is -0.304 e.